The van der Waals surface area contributed by atoms with Crippen molar-refractivity contribution in [3.8, 4) is 11.5 Å². The summed E-state index contributed by atoms with van der Waals surface area (Å²) < 4.78 is 5.54. The zero-order valence-electron chi connectivity index (χ0n) is 9.35. The van der Waals surface area contributed by atoms with E-state index < -0.39 is 0 Å². The number of nitrogens with zero attached hydrogens (tertiary/aromatic N) is 2. The van der Waals surface area contributed by atoms with Crippen molar-refractivity contribution in [3.63, 3.8) is 0 Å². The molecule has 0 aliphatic carbocycles. The van der Waals surface area contributed by atoms with Gasteiger partial charge in [-0.15, -0.1) is 0 Å². The zero-order chi connectivity index (χ0) is 11.7. The van der Waals surface area contributed by atoms with Gasteiger partial charge in [0.1, 0.15) is 5.69 Å². The molecule has 0 radical (unpaired) electrons. The average molecular weight is 231 g/mol. The van der Waals surface area contributed by atoms with Crippen molar-refractivity contribution < 1.29 is 9.21 Å². The highest BCUT2D eigenvalue weighted by molar-refractivity contribution is 5.92. The van der Waals surface area contributed by atoms with Crippen molar-refractivity contribution in [1.29, 1.82) is 0 Å². The fourth-order valence-corrected chi connectivity index (χ4v) is 2.07. The molecule has 1 aliphatic rings. The molecule has 0 atom stereocenters. The Morgan fingerprint density at radius 3 is 2.82 bits per heavy atom. The summed E-state index contributed by atoms with van der Waals surface area (Å²) in [5, 5.41) is 6.66. The van der Waals surface area contributed by atoms with Crippen molar-refractivity contribution in [2.45, 2.75) is 12.8 Å². The number of aromatic nitrogens is 2. The molecule has 1 aliphatic heterocycles. The minimum atomic E-state index is -0.0201. The molecule has 88 valence electrons. The van der Waals surface area contributed by atoms with Gasteiger partial charge in [-0.05, 0) is 31.0 Å². The van der Waals surface area contributed by atoms with Crippen molar-refractivity contribution in [3.05, 3.63) is 30.2 Å². The maximum absolute atomic E-state index is 12.0. The fourth-order valence-electron chi connectivity index (χ4n) is 2.07. The lowest BCUT2D eigenvalue weighted by Gasteiger charge is -2.12. The van der Waals surface area contributed by atoms with Crippen LogP contribution >= 0.6 is 0 Å². The molecule has 1 fully saturated rings. The Bertz CT molecular complexity index is 510. The summed E-state index contributed by atoms with van der Waals surface area (Å²) in [4.78, 5) is 13.9. The van der Waals surface area contributed by atoms with Crippen LogP contribution in [0.3, 0.4) is 0 Å². The van der Waals surface area contributed by atoms with Gasteiger partial charge in [-0.3, -0.25) is 9.89 Å². The van der Waals surface area contributed by atoms with Gasteiger partial charge in [0, 0.05) is 19.3 Å². The molecule has 0 spiro atoms. The summed E-state index contributed by atoms with van der Waals surface area (Å²) in [5.74, 6) is 1.02. The van der Waals surface area contributed by atoms with Crippen LogP contribution in [0.2, 0.25) is 0 Å². The number of aromatic amines is 1. The molecular weight excluding hydrogens is 218 g/mol. The first-order valence-corrected chi connectivity index (χ1v) is 5.73. The Balaban J connectivity index is 1.82. The molecule has 3 rings (SSSR count). The van der Waals surface area contributed by atoms with Crippen molar-refractivity contribution in [2.75, 3.05) is 13.1 Å². The van der Waals surface area contributed by atoms with E-state index in [4.69, 9.17) is 4.42 Å². The van der Waals surface area contributed by atoms with Gasteiger partial charge in [-0.25, -0.2) is 0 Å². The smallest absolute Gasteiger partial charge is 0.289 e. The highest BCUT2D eigenvalue weighted by Gasteiger charge is 2.22. The van der Waals surface area contributed by atoms with Crippen LogP contribution in [0.1, 0.15) is 23.4 Å². The van der Waals surface area contributed by atoms with E-state index >= 15 is 0 Å². The van der Waals surface area contributed by atoms with Crippen LogP contribution in [0.25, 0.3) is 11.5 Å². The summed E-state index contributed by atoms with van der Waals surface area (Å²) in [5.41, 5.74) is 0.783. The minimum absolute atomic E-state index is 0.0201. The number of nitrogens with one attached hydrogen (secondary N) is 1. The van der Waals surface area contributed by atoms with Crippen LogP contribution in [0.15, 0.2) is 28.8 Å². The molecule has 1 saturated heterocycles. The molecule has 5 nitrogen and oxygen atoms in total. The van der Waals surface area contributed by atoms with Crippen molar-refractivity contribution in [1.82, 2.24) is 15.1 Å². The number of hydrogen-bond acceptors (Lipinski definition) is 3. The normalized spacial score (nSPS) is 15.4. The molecule has 0 saturated carbocycles. The van der Waals surface area contributed by atoms with Gasteiger partial charge in [-0.1, -0.05) is 0 Å². The standard InChI is InChI=1S/C12H13N3O2/c16-12(15-7-1-2-8-15)11-4-3-10(17-11)9-5-6-13-14-9/h3-6H,1-2,7-8H2,(H,13,14). The third kappa shape index (κ3) is 1.84. The van der Waals surface area contributed by atoms with Gasteiger partial charge in [-0.2, -0.15) is 5.10 Å². The SMILES string of the molecule is O=C(c1ccc(-c2ccn[nH]2)o1)N1CCCC1. The first-order chi connectivity index (χ1) is 8.34. The predicted molar refractivity (Wildman–Crippen MR) is 61.4 cm³/mol. The summed E-state index contributed by atoms with van der Waals surface area (Å²) in [6.07, 6.45) is 3.82. The number of rotatable bonds is 2. The van der Waals surface area contributed by atoms with Gasteiger partial charge in [0.2, 0.25) is 0 Å². The van der Waals surface area contributed by atoms with E-state index in [0.717, 1.165) is 31.6 Å². The summed E-state index contributed by atoms with van der Waals surface area (Å²) in [7, 11) is 0. The molecule has 3 heterocycles. The van der Waals surface area contributed by atoms with E-state index in [0.29, 0.717) is 11.5 Å². The largest absolute Gasteiger partial charge is 0.449 e. The fraction of sp³-hybridized carbons (Fsp3) is 0.333. The number of amides is 1. The van der Waals surface area contributed by atoms with E-state index in [1.54, 1.807) is 18.3 Å². The molecular formula is C12H13N3O2. The van der Waals surface area contributed by atoms with Crippen molar-refractivity contribution in [2.24, 2.45) is 0 Å². The number of hydrogen-bond donors (Lipinski definition) is 1. The number of carbonyl (C=O) groups excluding carboxylic acids is 1. The lowest BCUT2D eigenvalue weighted by Crippen LogP contribution is -2.27. The number of carbonyl (C=O) groups is 1. The van der Waals surface area contributed by atoms with Gasteiger partial charge >= 0.3 is 0 Å². The lowest BCUT2D eigenvalue weighted by molar-refractivity contribution is 0.0762. The van der Waals surface area contributed by atoms with Crippen LogP contribution in [-0.2, 0) is 0 Å². The van der Waals surface area contributed by atoms with Crippen molar-refractivity contribution >= 4 is 5.91 Å². The monoisotopic (exact) mass is 231 g/mol. The summed E-state index contributed by atoms with van der Waals surface area (Å²) >= 11 is 0. The topological polar surface area (TPSA) is 62.1 Å². The molecule has 5 heteroatoms. The van der Waals surface area contributed by atoms with Gasteiger partial charge in [0.05, 0.1) is 0 Å². The quantitative estimate of drug-likeness (QED) is 0.858. The summed E-state index contributed by atoms with van der Waals surface area (Å²) in [6.45, 7) is 1.66. The van der Waals surface area contributed by atoms with E-state index in [-0.39, 0.29) is 5.91 Å². The van der Waals surface area contributed by atoms with Gasteiger partial charge in [0.15, 0.2) is 11.5 Å². The van der Waals surface area contributed by atoms with E-state index in [2.05, 4.69) is 10.2 Å². The molecule has 1 amide bonds. The maximum Gasteiger partial charge on any atom is 0.289 e. The average Bonchev–Trinajstić information content (AvgIpc) is 3.09. The molecule has 2 aromatic heterocycles. The zero-order valence-corrected chi connectivity index (χ0v) is 9.35. The van der Waals surface area contributed by atoms with Crippen LogP contribution in [0.5, 0.6) is 0 Å². The Labute approximate surface area is 98.4 Å². The number of furan rings is 1. The second-order valence-electron chi connectivity index (χ2n) is 4.13. The second-order valence-corrected chi connectivity index (χ2v) is 4.13. The molecule has 2 aromatic rings. The third-order valence-corrected chi connectivity index (χ3v) is 2.98. The Morgan fingerprint density at radius 2 is 2.12 bits per heavy atom. The Kier molecular flexibility index (Phi) is 2.44. The molecule has 1 N–H and O–H groups in total. The van der Waals surface area contributed by atoms with Gasteiger partial charge in [0.25, 0.3) is 5.91 Å². The number of H-pyrrole nitrogens is 1. The molecule has 0 unspecified atom stereocenters. The second kappa shape index (κ2) is 4.08. The predicted octanol–water partition coefficient (Wildman–Crippen LogP) is 1.91. The van der Waals surface area contributed by atoms with Crippen LogP contribution in [-0.4, -0.2) is 34.1 Å². The Hall–Kier alpha value is -2.04. The Morgan fingerprint density at radius 1 is 1.29 bits per heavy atom. The highest BCUT2D eigenvalue weighted by atomic mass is 16.4. The first kappa shape index (κ1) is 10.1. The van der Waals surface area contributed by atoms with Crippen LogP contribution < -0.4 is 0 Å². The van der Waals surface area contributed by atoms with E-state index in [1.165, 1.54) is 0 Å². The third-order valence-electron chi connectivity index (χ3n) is 2.98. The van der Waals surface area contributed by atoms with E-state index in [9.17, 15) is 4.79 Å². The molecule has 0 aromatic carbocycles. The van der Waals surface area contributed by atoms with Gasteiger partial charge < -0.3 is 9.32 Å². The lowest BCUT2D eigenvalue weighted by atomic mass is 10.3. The highest BCUT2D eigenvalue weighted by Crippen LogP contribution is 2.21. The summed E-state index contributed by atoms with van der Waals surface area (Å²) in [6, 6.07) is 5.32. The van der Waals surface area contributed by atoms with Crippen LogP contribution in [0.4, 0.5) is 0 Å². The van der Waals surface area contributed by atoms with E-state index in [1.807, 2.05) is 11.0 Å². The molecule has 0 bridgehead atoms. The van der Waals surface area contributed by atoms with Crippen LogP contribution in [0, 0.1) is 0 Å². The maximum atomic E-state index is 12.0. The first-order valence-electron chi connectivity index (χ1n) is 5.73. The molecule has 17 heavy (non-hydrogen) atoms. The minimum Gasteiger partial charge on any atom is -0.449 e. The number of likely N-dealkylation sites (tertiary alicyclic amines) is 1.